The standard InChI is InChI=1S/C10H7BrN4S/c1-6-3-2-4-8(7(6)5-12)13-10-15-14-9(11)16-10/h2-4H,1H3,(H,13,15). The Morgan fingerprint density at radius 3 is 2.88 bits per heavy atom. The fourth-order valence-corrected chi connectivity index (χ4v) is 2.31. The van der Waals surface area contributed by atoms with Gasteiger partial charge in [-0.2, -0.15) is 5.26 Å². The molecule has 16 heavy (non-hydrogen) atoms. The van der Waals surface area contributed by atoms with Gasteiger partial charge in [0.15, 0.2) is 3.92 Å². The van der Waals surface area contributed by atoms with Gasteiger partial charge in [0, 0.05) is 0 Å². The minimum atomic E-state index is 0.633. The Morgan fingerprint density at radius 2 is 2.25 bits per heavy atom. The monoisotopic (exact) mass is 294 g/mol. The van der Waals surface area contributed by atoms with Crippen LogP contribution < -0.4 is 5.32 Å². The van der Waals surface area contributed by atoms with Crippen LogP contribution in [0.4, 0.5) is 10.8 Å². The summed E-state index contributed by atoms with van der Waals surface area (Å²) in [7, 11) is 0. The zero-order valence-corrected chi connectivity index (χ0v) is 10.8. The second kappa shape index (κ2) is 4.60. The third kappa shape index (κ3) is 2.21. The first-order chi connectivity index (χ1) is 7.70. The van der Waals surface area contributed by atoms with Crippen molar-refractivity contribution in [2.45, 2.75) is 6.92 Å². The number of aromatic nitrogens is 2. The van der Waals surface area contributed by atoms with Crippen molar-refractivity contribution in [3.63, 3.8) is 0 Å². The smallest absolute Gasteiger partial charge is 0.210 e. The summed E-state index contributed by atoms with van der Waals surface area (Å²) in [6.07, 6.45) is 0. The predicted molar refractivity (Wildman–Crippen MR) is 66.8 cm³/mol. The van der Waals surface area contributed by atoms with Gasteiger partial charge in [0.1, 0.15) is 6.07 Å². The van der Waals surface area contributed by atoms with Gasteiger partial charge in [-0.3, -0.25) is 0 Å². The van der Waals surface area contributed by atoms with Crippen molar-refractivity contribution >= 4 is 38.1 Å². The molecule has 0 bridgehead atoms. The molecular formula is C10H7BrN4S. The molecule has 0 unspecified atom stereocenters. The van der Waals surface area contributed by atoms with Crippen LogP contribution >= 0.6 is 27.3 Å². The van der Waals surface area contributed by atoms with E-state index in [-0.39, 0.29) is 0 Å². The lowest BCUT2D eigenvalue weighted by atomic mass is 10.1. The molecule has 0 amide bonds. The third-order valence-electron chi connectivity index (χ3n) is 2.03. The number of nitrogens with one attached hydrogen (secondary N) is 1. The van der Waals surface area contributed by atoms with Gasteiger partial charge >= 0.3 is 0 Å². The van der Waals surface area contributed by atoms with Gasteiger partial charge in [-0.05, 0) is 34.5 Å². The highest BCUT2D eigenvalue weighted by molar-refractivity contribution is 9.11. The maximum Gasteiger partial charge on any atom is 0.210 e. The second-order valence-corrected chi connectivity index (χ2v) is 5.35. The van der Waals surface area contributed by atoms with Crippen molar-refractivity contribution in [3.8, 4) is 6.07 Å². The Balaban J connectivity index is 2.35. The Bertz CT molecular complexity index is 558. The van der Waals surface area contributed by atoms with E-state index in [4.69, 9.17) is 5.26 Å². The van der Waals surface area contributed by atoms with Crippen LogP contribution in [0.3, 0.4) is 0 Å². The molecule has 0 saturated carbocycles. The summed E-state index contributed by atoms with van der Waals surface area (Å²) >= 11 is 4.62. The number of nitrogens with zero attached hydrogens (tertiary/aromatic N) is 3. The van der Waals surface area contributed by atoms with Crippen LogP contribution in [-0.4, -0.2) is 10.2 Å². The zero-order chi connectivity index (χ0) is 11.5. The molecule has 0 saturated heterocycles. The molecule has 2 aromatic rings. The van der Waals surface area contributed by atoms with Crippen molar-refractivity contribution in [2.24, 2.45) is 0 Å². The molecule has 0 aliphatic carbocycles. The number of hydrogen-bond acceptors (Lipinski definition) is 5. The van der Waals surface area contributed by atoms with Crippen molar-refractivity contribution in [2.75, 3.05) is 5.32 Å². The quantitative estimate of drug-likeness (QED) is 0.924. The number of aryl methyl sites for hydroxylation is 1. The summed E-state index contributed by atoms with van der Waals surface area (Å²) in [6.45, 7) is 1.90. The Morgan fingerprint density at radius 1 is 1.44 bits per heavy atom. The Kier molecular flexibility index (Phi) is 3.17. The molecule has 80 valence electrons. The van der Waals surface area contributed by atoms with Crippen LogP contribution in [0.15, 0.2) is 22.1 Å². The topological polar surface area (TPSA) is 61.6 Å². The molecular weight excluding hydrogens is 288 g/mol. The van der Waals surface area contributed by atoms with Gasteiger partial charge in [-0.25, -0.2) is 0 Å². The number of nitriles is 1. The molecule has 0 aliphatic rings. The Hall–Kier alpha value is -1.45. The van der Waals surface area contributed by atoms with Gasteiger partial charge < -0.3 is 5.32 Å². The van der Waals surface area contributed by atoms with Crippen LogP contribution in [0.25, 0.3) is 0 Å². The van der Waals surface area contributed by atoms with E-state index in [2.05, 4.69) is 37.5 Å². The number of anilines is 2. The summed E-state index contributed by atoms with van der Waals surface area (Å²) in [5.74, 6) is 0. The highest BCUT2D eigenvalue weighted by atomic mass is 79.9. The minimum absolute atomic E-state index is 0.633. The van der Waals surface area contributed by atoms with Gasteiger partial charge in [-0.1, -0.05) is 23.5 Å². The normalized spacial score (nSPS) is 9.81. The van der Waals surface area contributed by atoms with Crippen LogP contribution in [-0.2, 0) is 0 Å². The predicted octanol–water partition coefficient (Wildman–Crippen LogP) is 3.22. The molecule has 0 radical (unpaired) electrons. The SMILES string of the molecule is Cc1cccc(Nc2nnc(Br)s2)c1C#N. The van der Waals surface area contributed by atoms with Gasteiger partial charge in [0.25, 0.3) is 0 Å². The average Bonchev–Trinajstić information content (AvgIpc) is 2.64. The molecule has 0 atom stereocenters. The summed E-state index contributed by atoms with van der Waals surface area (Å²) in [5, 5.41) is 20.5. The third-order valence-corrected chi connectivity index (χ3v) is 3.30. The molecule has 1 N–H and O–H groups in total. The zero-order valence-electron chi connectivity index (χ0n) is 8.36. The average molecular weight is 295 g/mol. The first-order valence-corrected chi connectivity index (χ1v) is 6.07. The van der Waals surface area contributed by atoms with Crippen LogP contribution in [0.1, 0.15) is 11.1 Å². The number of benzene rings is 1. The number of halogens is 1. The van der Waals surface area contributed by atoms with Crippen LogP contribution in [0.2, 0.25) is 0 Å². The van der Waals surface area contributed by atoms with Crippen molar-refractivity contribution in [1.29, 1.82) is 5.26 Å². The van der Waals surface area contributed by atoms with Crippen LogP contribution in [0, 0.1) is 18.3 Å². The molecule has 0 fully saturated rings. The van der Waals surface area contributed by atoms with E-state index in [1.807, 2.05) is 25.1 Å². The molecule has 1 heterocycles. The molecule has 1 aromatic heterocycles. The largest absolute Gasteiger partial charge is 0.329 e. The van der Waals surface area contributed by atoms with E-state index in [1.165, 1.54) is 11.3 Å². The number of hydrogen-bond donors (Lipinski definition) is 1. The van der Waals surface area contributed by atoms with Gasteiger partial charge in [0.2, 0.25) is 5.13 Å². The molecule has 6 heteroatoms. The van der Waals surface area contributed by atoms with E-state index in [1.54, 1.807) is 0 Å². The van der Waals surface area contributed by atoms with E-state index >= 15 is 0 Å². The van der Waals surface area contributed by atoms with Crippen molar-refractivity contribution < 1.29 is 0 Å². The molecule has 4 nitrogen and oxygen atoms in total. The van der Waals surface area contributed by atoms with Crippen molar-refractivity contribution in [3.05, 3.63) is 33.2 Å². The molecule has 1 aromatic carbocycles. The van der Waals surface area contributed by atoms with Crippen molar-refractivity contribution in [1.82, 2.24) is 10.2 Å². The lowest BCUT2D eigenvalue weighted by Gasteiger charge is -2.05. The summed E-state index contributed by atoms with van der Waals surface area (Å²) in [4.78, 5) is 0. The minimum Gasteiger partial charge on any atom is -0.329 e. The summed E-state index contributed by atoms with van der Waals surface area (Å²) < 4.78 is 0.709. The first-order valence-electron chi connectivity index (χ1n) is 4.46. The van der Waals surface area contributed by atoms with Gasteiger partial charge in [-0.15, -0.1) is 10.2 Å². The maximum absolute atomic E-state index is 9.05. The first kappa shape index (κ1) is 11.0. The fraction of sp³-hybridized carbons (Fsp3) is 0.100. The van der Waals surface area contributed by atoms with E-state index in [0.717, 1.165) is 11.3 Å². The van der Waals surface area contributed by atoms with E-state index < -0.39 is 0 Å². The highest BCUT2D eigenvalue weighted by Crippen LogP contribution is 2.26. The van der Waals surface area contributed by atoms with E-state index in [9.17, 15) is 0 Å². The summed E-state index contributed by atoms with van der Waals surface area (Å²) in [5.41, 5.74) is 2.33. The Labute approximate surface area is 105 Å². The highest BCUT2D eigenvalue weighted by Gasteiger charge is 2.07. The number of rotatable bonds is 2. The molecule has 2 rings (SSSR count). The van der Waals surface area contributed by atoms with Gasteiger partial charge in [0.05, 0.1) is 11.3 Å². The second-order valence-electron chi connectivity index (χ2n) is 3.09. The summed E-state index contributed by atoms with van der Waals surface area (Å²) in [6, 6.07) is 7.82. The van der Waals surface area contributed by atoms with Crippen LogP contribution in [0.5, 0.6) is 0 Å². The lowest BCUT2D eigenvalue weighted by molar-refractivity contribution is 1.07. The maximum atomic E-state index is 9.05. The lowest BCUT2D eigenvalue weighted by Crippen LogP contribution is -1.94. The van der Waals surface area contributed by atoms with E-state index in [0.29, 0.717) is 14.6 Å². The fourth-order valence-electron chi connectivity index (χ4n) is 1.29. The molecule has 0 aliphatic heterocycles. The molecule has 0 spiro atoms.